The number of aliphatic carboxylic acids is 1. The number of amidine groups is 1. The van der Waals surface area contributed by atoms with Crippen molar-refractivity contribution in [2.75, 3.05) is 24.3 Å². The molecule has 1 aliphatic carbocycles. The Kier molecular flexibility index (Phi) is 6.63. The second-order valence-electron chi connectivity index (χ2n) is 5.75. The summed E-state index contributed by atoms with van der Waals surface area (Å²) in [6, 6.07) is 3.17. The highest BCUT2D eigenvalue weighted by atomic mass is 32.2. The van der Waals surface area contributed by atoms with Gasteiger partial charge in [0.1, 0.15) is 12.3 Å². The third-order valence-corrected chi connectivity index (χ3v) is 4.96. The zero-order valence-electron chi connectivity index (χ0n) is 14.2. The molecule has 0 radical (unpaired) electrons. The summed E-state index contributed by atoms with van der Waals surface area (Å²) < 4.78 is 44.9. The van der Waals surface area contributed by atoms with Gasteiger partial charge in [-0.2, -0.15) is 18.3 Å². The van der Waals surface area contributed by atoms with Crippen molar-refractivity contribution in [1.82, 2.24) is 0 Å². The van der Waals surface area contributed by atoms with E-state index in [1.807, 2.05) is 0 Å². The fourth-order valence-electron chi connectivity index (χ4n) is 3.01. The summed E-state index contributed by atoms with van der Waals surface area (Å²) in [7, 11) is 1.52. The largest absolute Gasteiger partial charge is 0.496 e. The lowest BCUT2D eigenvalue weighted by atomic mass is 9.89. The zero-order chi connectivity index (χ0) is 19.3. The minimum Gasteiger partial charge on any atom is -0.496 e. The van der Waals surface area contributed by atoms with Crippen LogP contribution in [0.1, 0.15) is 24.0 Å². The average Bonchev–Trinajstić information content (AvgIpc) is 2.59. The van der Waals surface area contributed by atoms with E-state index in [-0.39, 0.29) is 5.17 Å². The van der Waals surface area contributed by atoms with E-state index in [4.69, 9.17) is 15.7 Å². The summed E-state index contributed by atoms with van der Waals surface area (Å²) in [5.74, 6) is 4.32. The number of nitrogens with zero attached hydrogens (tertiary/aromatic N) is 2. The van der Waals surface area contributed by atoms with Crippen molar-refractivity contribution in [1.29, 1.82) is 0 Å². The predicted octanol–water partition coefficient (Wildman–Crippen LogP) is 2.99. The summed E-state index contributed by atoms with van der Waals surface area (Å²) >= 11 is 0.654. The number of halogens is 3. The molecular weight excluding hydrogens is 371 g/mol. The van der Waals surface area contributed by atoms with Crippen LogP contribution in [-0.2, 0) is 17.6 Å². The molecule has 0 aliphatic heterocycles. The van der Waals surface area contributed by atoms with Gasteiger partial charge in [0.05, 0.1) is 12.9 Å². The molecule has 6 nitrogen and oxygen atoms in total. The van der Waals surface area contributed by atoms with E-state index in [9.17, 15) is 18.0 Å². The van der Waals surface area contributed by atoms with E-state index in [1.54, 1.807) is 12.1 Å². The number of carboxylic acid groups (broad SMARTS) is 1. The van der Waals surface area contributed by atoms with Gasteiger partial charge in [0, 0.05) is 5.69 Å². The van der Waals surface area contributed by atoms with E-state index in [0.717, 1.165) is 28.9 Å². The van der Waals surface area contributed by atoms with Crippen LogP contribution >= 0.6 is 11.8 Å². The molecule has 1 aromatic carbocycles. The highest BCUT2D eigenvalue weighted by Gasteiger charge is 2.35. The van der Waals surface area contributed by atoms with Gasteiger partial charge in [0.25, 0.3) is 0 Å². The van der Waals surface area contributed by atoms with Gasteiger partial charge in [-0.05, 0) is 48.9 Å². The van der Waals surface area contributed by atoms with Gasteiger partial charge in [0.2, 0.25) is 0 Å². The fourth-order valence-corrected chi connectivity index (χ4v) is 3.65. The average molecular weight is 391 g/mol. The highest BCUT2D eigenvalue weighted by Crippen LogP contribution is 2.38. The van der Waals surface area contributed by atoms with Crippen LogP contribution in [0.2, 0.25) is 0 Å². The minimum absolute atomic E-state index is 0.192. The zero-order valence-corrected chi connectivity index (χ0v) is 15.0. The van der Waals surface area contributed by atoms with Gasteiger partial charge in [0.15, 0.2) is 5.17 Å². The molecule has 10 heteroatoms. The maximum atomic E-state index is 13.2. The molecule has 1 aromatic rings. The van der Waals surface area contributed by atoms with Crippen LogP contribution in [0.15, 0.2) is 17.2 Å². The molecule has 2 rings (SSSR count). The molecule has 0 aromatic heterocycles. The number of methoxy groups -OCH3 is 1. The molecule has 0 atom stereocenters. The Morgan fingerprint density at radius 1 is 1.35 bits per heavy atom. The number of anilines is 1. The van der Waals surface area contributed by atoms with Crippen LogP contribution in [-0.4, -0.2) is 41.8 Å². The molecule has 3 N–H and O–H groups in total. The smallest absolute Gasteiger partial charge is 0.406 e. The Labute approximate surface area is 153 Å². The van der Waals surface area contributed by atoms with Crippen molar-refractivity contribution < 1.29 is 27.8 Å². The van der Waals surface area contributed by atoms with E-state index < -0.39 is 24.4 Å². The van der Waals surface area contributed by atoms with Gasteiger partial charge in [-0.15, -0.1) is 0 Å². The Morgan fingerprint density at radius 3 is 2.54 bits per heavy atom. The predicted molar refractivity (Wildman–Crippen MR) is 94.8 cm³/mol. The number of benzene rings is 1. The molecule has 0 amide bonds. The first-order chi connectivity index (χ1) is 12.3. The van der Waals surface area contributed by atoms with Gasteiger partial charge in [-0.25, -0.2) is 0 Å². The van der Waals surface area contributed by atoms with Crippen LogP contribution in [0.3, 0.4) is 0 Å². The number of hydrogen-bond acceptors (Lipinski definition) is 5. The topological polar surface area (TPSA) is 88.1 Å². The Morgan fingerprint density at radius 2 is 2.00 bits per heavy atom. The first kappa shape index (κ1) is 20.2. The first-order valence-electron chi connectivity index (χ1n) is 7.92. The maximum absolute atomic E-state index is 13.2. The number of ether oxygens (including phenoxy) is 1. The SMILES string of the molecule is COc1ccc(N(CC(F)(F)F)/C(=N\N)SCC(=O)O)c2c1CCCC2. The lowest BCUT2D eigenvalue weighted by Gasteiger charge is -2.31. The molecule has 0 spiro atoms. The molecule has 0 bridgehead atoms. The molecular formula is C16H20F3N3O3S. The second kappa shape index (κ2) is 8.52. The molecule has 144 valence electrons. The van der Waals surface area contributed by atoms with Crippen molar-refractivity contribution in [2.45, 2.75) is 31.9 Å². The summed E-state index contributed by atoms with van der Waals surface area (Å²) in [6.07, 6.45) is -1.41. The van der Waals surface area contributed by atoms with Gasteiger partial charge >= 0.3 is 12.1 Å². The molecule has 0 unspecified atom stereocenters. The van der Waals surface area contributed by atoms with Crippen molar-refractivity contribution >= 4 is 28.6 Å². The first-order valence-corrected chi connectivity index (χ1v) is 8.91. The molecule has 26 heavy (non-hydrogen) atoms. The highest BCUT2D eigenvalue weighted by molar-refractivity contribution is 8.14. The van der Waals surface area contributed by atoms with Crippen LogP contribution in [0, 0.1) is 0 Å². The normalized spacial score (nSPS) is 14.7. The molecule has 0 saturated heterocycles. The van der Waals surface area contributed by atoms with E-state index >= 15 is 0 Å². The number of hydrazone groups is 1. The number of fused-ring (bicyclic) bond motifs is 1. The monoisotopic (exact) mass is 391 g/mol. The quantitative estimate of drug-likeness (QED) is 0.347. The lowest BCUT2D eigenvalue weighted by Crippen LogP contribution is -2.39. The molecule has 0 fully saturated rings. The number of thioether (sulfide) groups is 1. The summed E-state index contributed by atoms with van der Waals surface area (Å²) in [6.45, 7) is -1.31. The minimum atomic E-state index is -4.51. The van der Waals surface area contributed by atoms with Crippen molar-refractivity contribution in [3.8, 4) is 5.75 Å². The Balaban J connectivity index is 2.50. The molecule has 0 heterocycles. The van der Waals surface area contributed by atoms with E-state index in [0.29, 0.717) is 36.0 Å². The van der Waals surface area contributed by atoms with Gasteiger partial charge < -0.3 is 20.6 Å². The Bertz CT molecular complexity index is 695. The van der Waals surface area contributed by atoms with Crippen molar-refractivity contribution in [3.05, 3.63) is 23.3 Å². The maximum Gasteiger partial charge on any atom is 0.406 e. The Hall–Kier alpha value is -2.10. The second-order valence-corrected chi connectivity index (χ2v) is 6.69. The number of carboxylic acids is 1. The third kappa shape index (κ3) is 4.96. The van der Waals surface area contributed by atoms with Crippen LogP contribution in [0.25, 0.3) is 0 Å². The van der Waals surface area contributed by atoms with Crippen LogP contribution in [0.5, 0.6) is 5.75 Å². The van der Waals surface area contributed by atoms with E-state index in [2.05, 4.69) is 5.10 Å². The fraction of sp³-hybridized carbons (Fsp3) is 0.500. The van der Waals surface area contributed by atoms with Crippen molar-refractivity contribution in [3.63, 3.8) is 0 Å². The standard InChI is InChI=1S/C16H20F3N3O3S/c1-25-13-7-6-12(10-4-2-3-5-11(10)13)22(9-16(17,18)19)15(21-20)26-8-14(23)24/h6-7H,2-5,8-9,20H2,1H3,(H,23,24)/b21-15+. The molecule has 0 saturated carbocycles. The van der Waals surface area contributed by atoms with E-state index in [1.165, 1.54) is 7.11 Å². The number of hydrogen-bond donors (Lipinski definition) is 2. The summed E-state index contributed by atoms with van der Waals surface area (Å²) in [5, 5.41) is 12.1. The van der Waals surface area contributed by atoms with Crippen molar-refractivity contribution in [2.24, 2.45) is 10.9 Å². The number of carbonyl (C=O) groups is 1. The number of alkyl halides is 3. The van der Waals surface area contributed by atoms with Gasteiger partial charge in [-0.3, -0.25) is 4.79 Å². The molecule has 1 aliphatic rings. The van der Waals surface area contributed by atoms with Crippen LogP contribution in [0.4, 0.5) is 18.9 Å². The lowest BCUT2D eigenvalue weighted by molar-refractivity contribution is -0.133. The third-order valence-electron chi connectivity index (χ3n) is 3.98. The number of rotatable bonds is 5. The summed E-state index contributed by atoms with van der Waals surface area (Å²) in [4.78, 5) is 11.7. The summed E-state index contributed by atoms with van der Waals surface area (Å²) in [5.41, 5.74) is 1.97. The van der Waals surface area contributed by atoms with Crippen LogP contribution < -0.4 is 15.5 Å². The van der Waals surface area contributed by atoms with Gasteiger partial charge in [-0.1, -0.05) is 11.8 Å². The number of nitrogens with two attached hydrogens (primary N) is 1.